The third-order valence-corrected chi connectivity index (χ3v) is 2.76. The lowest BCUT2D eigenvalue weighted by Gasteiger charge is -2.15. The number of ether oxygens (including phenoxy) is 1. The fourth-order valence-corrected chi connectivity index (χ4v) is 1.72. The molecule has 106 valence electrons. The molecular weight excluding hydrogens is 244 g/mol. The molecule has 0 aliphatic heterocycles. The van der Waals surface area contributed by atoms with E-state index >= 15 is 0 Å². The van der Waals surface area contributed by atoms with Crippen molar-refractivity contribution in [1.29, 1.82) is 0 Å². The van der Waals surface area contributed by atoms with Crippen molar-refractivity contribution in [2.45, 2.75) is 33.6 Å². The highest BCUT2D eigenvalue weighted by Crippen LogP contribution is 2.29. The van der Waals surface area contributed by atoms with E-state index in [2.05, 4.69) is 17.2 Å². The van der Waals surface area contributed by atoms with Gasteiger partial charge in [0.2, 0.25) is 0 Å². The molecule has 0 radical (unpaired) electrons. The first-order valence-electron chi connectivity index (χ1n) is 6.49. The van der Waals surface area contributed by atoms with Crippen LogP contribution in [0.2, 0.25) is 0 Å². The second kappa shape index (κ2) is 6.82. The number of anilines is 3. The van der Waals surface area contributed by atoms with E-state index in [0.717, 1.165) is 19.4 Å². The number of carbonyl (C=O) groups excluding carboxylic acids is 1. The molecule has 0 aliphatic carbocycles. The molecule has 1 aromatic rings. The highest BCUT2D eigenvalue weighted by Gasteiger charge is 2.20. The van der Waals surface area contributed by atoms with E-state index in [-0.39, 0.29) is 17.9 Å². The van der Waals surface area contributed by atoms with Crippen molar-refractivity contribution < 1.29 is 9.53 Å². The Labute approximate surface area is 113 Å². The minimum Gasteiger partial charge on any atom is -0.462 e. The van der Waals surface area contributed by atoms with Crippen molar-refractivity contribution in [2.24, 2.45) is 0 Å². The van der Waals surface area contributed by atoms with E-state index in [4.69, 9.17) is 16.2 Å². The van der Waals surface area contributed by atoms with E-state index in [9.17, 15) is 4.79 Å². The summed E-state index contributed by atoms with van der Waals surface area (Å²) in [5.41, 5.74) is 13.1. The predicted molar refractivity (Wildman–Crippen MR) is 77.2 cm³/mol. The Bertz CT molecular complexity index is 460. The summed E-state index contributed by atoms with van der Waals surface area (Å²) in [5, 5.41) is 3.13. The maximum absolute atomic E-state index is 11.8. The van der Waals surface area contributed by atoms with Crippen LogP contribution >= 0.6 is 0 Å². The Morgan fingerprint density at radius 3 is 2.58 bits per heavy atom. The second-order valence-electron chi connectivity index (χ2n) is 4.25. The highest BCUT2D eigenvalue weighted by atomic mass is 16.5. The lowest BCUT2D eigenvalue weighted by Crippen LogP contribution is -2.16. The molecule has 0 saturated carbocycles. The van der Waals surface area contributed by atoms with Crippen LogP contribution in [-0.2, 0) is 4.74 Å². The number of nitrogen functional groups attached to an aromatic ring is 2. The van der Waals surface area contributed by atoms with Crippen LogP contribution in [0.1, 0.15) is 42.7 Å². The van der Waals surface area contributed by atoms with Gasteiger partial charge in [0.1, 0.15) is 5.56 Å². The van der Waals surface area contributed by atoms with Crippen molar-refractivity contribution in [2.75, 3.05) is 29.9 Å². The van der Waals surface area contributed by atoms with Crippen molar-refractivity contribution >= 4 is 23.2 Å². The number of carbonyl (C=O) groups is 1. The summed E-state index contributed by atoms with van der Waals surface area (Å²) >= 11 is 0. The van der Waals surface area contributed by atoms with Gasteiger partial charge in [-0.2, -0.15) is 0 Å². The topological polar surface area (TPSA) is 103 Å². The Balaban J connectivity index is 3.05. The SMILES string of the molecule is CCCCNc1nc(C)c(C(=O)OCC)c(N)c1N. The quantitative estimate of drug-likeness (QED) is 0.537. The molecule has 19 heavy (non-hydrogen) atoms. The van der Waals surface area contributed by atoms with Crippen molar-refractivity contribution in [1.82, 2.24) is 4.98 Å². The largest absolute Gasteiger partial charge is 0.462 e. The summed E-state index contributed by atoms with van der Waals surface area (Å²) in [6, 6.07) is 0. The van der Waals surface area contributed by atoms with Gasteiger partial charge in [-0.25, -0.2) is 9.78 Å². The van der Waals surface area contributed by atoms with Gasteiger partial charge in [0, 0.05) is 6.54 Å². The molecule has 1 rings (SSSR count). The Hall–Kier alpha value is -1.98. The van der Waals surface area contributed by atoms with Gasteiger partial charge in [0.15, 0.2) is 5.82 Å². The number of esters is 1. The number of unbranched alkanes of at least 4 members (excludes halogenated alkanes) is 1. The second-order valence-corrected chi connectivity index (χ2v) is 4.25. The fourth-order valence-electron chi connectivity index (χ4n) is 1.72. The van der Waals surface area contributed by atoms with Gasteiger partial charge in [-0.1, -0.05) is 13.3 Å². The van der Waals surface area contributed by atoms with Gasteiger partial charge < -0.3 is 21.5 Å². The molecule has 6 nitrogen and oxygen atoms in total. The zero-order valence-electron chi connectivity index (χ0n) is 11.7. The maximum atomic E-state index is 11.8. The zero-order valence-corrected chi connectivity index (χ0v) is 11.7. The van der Waals surface area contributed by atoms with Crippen molar-refractivity contribution in [3.63, 3.8) is 0 Å². The van der Waals surface area contributed by atoms with Gasteiger partial charge >= 0.3 is 5.97 Å². The van der Waals surface area contributed by atoms with Crippen LogP contribution in [0.25, 0.3) is 0 Å². The first kappa shape index (κ1) is 15.1. The highest BCUT2D eigenvalue weighted by molar-refractivity contribution is 6.00. The normalized spacial score (nSPS) is 10.3. The number of hydrogen-bond acceptors (Lipinski definition) is 6. The first-order chi connectivity index (χ1) is 9.02. The number of pyridine rings is 1. The number of aryl methyl sites for hydroxylation is 1. The third kappa shape index (κ3) is 3.49. The number of nitrogens with two attached hydrogens (primary N) is 2. The number of nitrogens with one attached hydrogen (secondary N) is 1. The average Bonchev–Trinajstić information content (AvgIpc) is 2.36. The maximum Gasteiger partial charge on any atom is 0.342 e. The van der Waals surface area contributed by atoms with E-state index in [1.54, 1.807) is 13.8 Å². The zero-order chi connectivity index (χ0) is 14.4. The molecule has 0 saturated heterocycles. The monoisotopic (exact) mass is 266 g/mol. The molecule has 0 unspecified atom stereocenters. The van der Waals surface area contributed by atoms with Crippen LogP contribution in [0.15, 0.2) is 0 Å². The molecule has 0 fully saturated rings. The molecule has 0 aromatic carbocycles. The van der Waals surface area contributed by atoms with Gasteiger partial charge in [0.25, 0.3) is 0 Å². The van der Waals surface area contributed by atoms with Gasteiger partial charge in [-0.3, -0.25) is 0 Å². The van der Waals surface area contributed by atoms with Crippen LogP contribution in [-0.4, -0.2) is 24.1 Å². The molecule has 0 amide bonds. The smallest absolute Gasteiger partial charge is 0.342 e. The summed E-state index contributed by atoms with van der Waals surface area (Å²) in [5.74, 6) is 0.0355. The minimum absolute atomic E-state index is 0.227. The van der Waals surface area contributed by atoms with Crippen LogP contribution < -0.4 is 16.8 Å². The molecule has 0 spiro atoms. The van der Waals surface area contributed by atoms with E-state index in [1.165, 1.54) is 0 Å². The number of nitrogens with zero attached hydrogens (tertiary/aromatic N) is 1. The van der Waals surface area contributed by atoms with Crippen LogP contribution in [0.3, 0.4) is 0 Å². The van der Waals surface area contributed by atoms with E-state index in [0.29, 0.717) is 17.2 Å². The molecular formula is C13H22N4O2. The predicted octanol–water partition coefficient (Wildman–Crippen LogP) is 1.94. The van der Waals surface area contributed by atoms with Crippen LogP contribution in [0, 0.1) is 6.92 Å². The van der Waals surface area contributed by atoms with Gasteiger partial charge in [-0.15, -0.1) is 0 Å². The molecule has 0 aliphatic rings. The molecule has 1 aromatic heterocycles. The fraction of sp³-hybridized carbons (Fsp3) is 0.538. The summed E-state index contributed by atoms with van der Waals surface area (Å²) in [4.78, 5) is 16.1. The van der Waals surface area contributed by atoms with Crippen molar-refractivity contribution in [3.8, 4) is 0 Å². The molecule has 6 heteroatoms. The molecule has 0 bridgehead atoms. The molecule has 1 heterocycles. The Morgan fingerprint density at radius 2 is 2.00 bits per heavy atom. The van der Waals surface area contributed by atoms with E-state index < -0.39 is 5.97 Å². The van der Waals surface area contributed by atoms with Crippen LogP contribution in [0.5, 0.6) is 0 Å². The van der Waals surface area contributed by atoms with Crippen molar-refractivity contribution in [3.05, 3.63) is 11.3 Å². The lowest BCUT2D eigenvalue weighted by atomic mass is 10.1. The summed E-state index contributed by atoms with van der Waals surface area (Å²) < 4.78 is 4.95. The summed E-state index contributed by atoms with van der Waals surface area (Å²) in [6.45, 7) is 6.61. The minimum atomic E-state index is -0.489. The lowest BCUT2D eigenvalue weighted by molar-refractivity contribution is 0.0526. The van der Waals surface area contributed by atoms with E-state index in [1.807, 2.05) is 0 Å². The van der Waals surface area contributed by atoms with Gasteiger partial charge in [-0.05, 0) is 20.3 Å². The number of aromatic nitrogens is 1. The Morgan fingerprint density at radius 1 is 1.32 bits per heavy atom. The molecule has 0 atom stereocenters. The average molecular weight is 266 g/mol. The number of rotatable bonds is 6. The number of hydrogen-bond donors (Lipinski definition) is 3. The molecule has 5 N–H and O–H groups in total. The van der Waals surface area contributed by atoms with Crippen LogP contribution in [0.4, 0.5) is 17.2 Å². The third-order valence-electron chi connectivity index (χ3n) is 2.76. The van der Waals surface area contributed by atoms with Gasteiger partial charge in [0.05, 0.1) is 23.7 Å². The standard InChI is InChI=1S/C13H22N4O2/c1-4-6-7-16-12-11(15)10(14)9(8(3)17-12)13(18)19-5-2/h4-7,15H2,1-3H3,(H3,14,16,17). The summed E-state index contributed by atoms with van der Waals surface area (Å²) in [6.07, 6.45) is 2.09. The Kier molecular flexibility index (Phi) is 5.41. The first-order valence-corrected chi connectivity index (χ1v) is 6.49. The summed E-state index contributed by atoms with van der Waals surface area (Å²) in [7, 11) is 0.